The van der Waals surface area contributed by atoms with Gasteiger partial charge < -0.3 is 4.74 Å². The van der Waals surface area contributed by atoms with Crippen molar-refractivity contribution in [3.8, 4) is 5.75 Å². The van der Waals surface area contributed by atoms with E-state index in [9.17, 15) is 4.79 Å². The lowest BCUT2D eigenvalue weighted by Crippen LogP contribution is -2.29. The second-order valence-corrected chi connectivity index (χ2v) is 8.88. The van der Waals surface area contributed by atoms with Crippen LogP contribution in [0.4, 0.5) is 5.13 Å². The summed E-state index contributed by atoms with van der Waals surface area (Å²) < 4.78 is 6.72. The lowest BCUT2D eigenvalue weighted by Gasteiger charge is -2.19. The molecular formula is C19H13Cl2N3O2S2. The van der Waals surface area contributed by atoms with Crippen LogP contribution in [0.1, 0.15) is 15.2 Å². The van der Waals surface area contributed by atoms with E-state index in [1.807, 2.05) is 12.1 Å². The van der Waals surface area contributed by atoms with Crippen molar-refractivity contribution in [1.29, 1.82) is 0 Å². The quantitative estimate of drug-likeness (QED) is 0.379. The van der Waals surface area contributed by atoms with E-state index in [0.29, 0.717) is 37.2 Å². The van der Waals surface area contributed by atoms with Gasteiger partial charge in [0.05, 0.1) is 32.6 Å². The average Bonchev–Trinajstić information content (AvgIpc) is 3.34. The first-order valence-electron chi connectivity index (χ1n) is 8.16. The van der Waals surface area contributed by atoms with Crippen LogP contribution in [-0.4, -0.2) is 23.0 Å². The van der Waals surface area contributed by atoms with Crippen molar-refractivity contribution in [2.24, 2.45) is 0 Å². The number of ether oxygens (including phenoxy) is 1. The summed E-state index contributed by atoms with van der Waals surface area (Å²) in [7, 11) is 1.58. The fourth-order valence-corrected chi connectivity index (χ4v) is 4.93. The molecule has 5 nitrogen and oxygen atoms in total. The monoisotopic (exact) mass is 449 g/mol. The van der Waals surface area contributed by atoms with Crippen LogP contribution < -0.4 is 9.64 Å². The van der Waals surface area contributed by atoms with Gasteiger partial charge >= 0.3 is 0 Å². The molecule has 4 rings (SSSR count). The molecule has 3 heterocycles. The van der Waals surface area contributed by atoms with E-state index >= 15 is 0 Å². The average molecular weight is 450 g/mol. The Bertz CT molecular complexity index is 1140. The number of rotatable bonds is 5. The number of hydrogen-bond acceptors (Lipinski definition) is 6. The number of hydrogen-bond donors (Lipinski definition) is 0. The van der Waals surface area contributed by atoms with Gasteiger partial charge in [-0.15, -0.1) is 11.3 Å². The number of nitrogens with zero attached hydrogens (tertiary/aromatic N) is 3. The van der Waals surface area contributed by atoms with Crippen LogP contribution in [-0.2, 0) is 6.54 Å². The first kappa shape index (κ1) is 19.1. The second-order valence-electron chi connectivity index (χ2n) is 5.78. The van der Waals surface area contributed by atoms with Crippen molar-refractivity contribution in [3.63, 3.8) is 0 Å². The fourth-order valence-electron chi connectivity index (χ4n) is 2.68. The van der Waals surface area contributed by atoms with Crippen LogP contribution in [0.2, 0.25) is 9.36 Å². The standard InChI is InChI=1S/C19H13Cl2N3O2S2/c1-26-13-5-4-12(20)17-16(13)23-19(28-17)24(10-11-3-2-8-22-9-11)18(25)14-6-7-15(21)27-14/h2-9H,10H2,1H3. The van der Waals surface area contributed by atoms with E-state index in [-0.39, 0.29) is 5.91 Å². The summed E-state index contributed by atoms with van der Waals surface area (Å²) in [5, 5.41) is 1.09. The molecule has 0 radical (unpaired) electrons. The Morgan fingerprint density at radius 3 is 2.71 bits per heavy atom. The Balaban J connectivity index is 1.82. The minimum absolute atomic E-state index is 0.185. The van der Waals surface area contributed by atoms with Crippen LogP contribution >= 0.6 is 45.9 Å². The highest BCUT2D eigenvalue weighted by molar-refractivity contribution is 7.23. The fraction of sp³-hybridized carbons (Fsp3) is 0.105. The maximum atomic E-state index is 13.2. The Labute approximate surface area is 179 Å². The molecule has 0 saturated heterocycles. The maximum Gasteiger partial charge on any atom is 0.270 e. The number of halogens is 2. The van der Waals surface area contributed by atoms with Crippen LogP contribution in [0.5, 0.6) is 5.75 Å². The van der Waals surface area contributed by atoms with Gasteiger partial charge in [0.2, 0.25) is 0 Å². The summed E-state index contributed by atoms with van der Waals surface area (Å²) in [5.74, 6) is 0.421. The van der Waals surface area contributed by atoms with Gasteiger partial charge in [-0.3, -0.25) is 14.7 Å². The number of fused-ring (bicyclic) bond motifs is 1. The van der Waals surface area contributed by atoms with Gasteiger partial charge in [0.25, 0.3) is 5.91 Å². The molecule has 0 aliphatic heterocycles. The van der Waals surface area contributed by atoms with Gasteiger partial charge in [-0.25, -0.2) is 4.98 Å². The number of amides is 1. The van der Waals surface area contributed by atoms with Gasteiger partial charge in [-0.05, 0) is 35.9 Å². The van der Waals surface area contributed by atoms with Crippen molar-refractivity contribution in [1.82, 2.24) is 9.97 Å². The molecule has 1 aromatic carbocycles. The smallest absolute Gasteiger partial charge is 0.270 e. The molecule has 0 N–H and O–H groups in total. The highest BCUT2D eigenvalue weighted by Crippen LogP contribution is 2.39. The Hall–Kier alpha value is -2.19. The molecule has 0 atom stereocenters. The van der Waals surface area contributed by atoms with Crippen molar-refractivity contribution < 1.29 is 9.53 Å². The summed E-state index contributed by atoms with van der Waals surface area (Å²) in [6.07, 6.45) is 3.42. The molecule has 0 fully saturated rings. The SMILES string of the molecule is COc1ccc(Cl)c2sc(N(Cc3cccnc3)C(=O)c3ccc(Cl)s3)nc12. The summed E-state index contributed by atoms with van der Waals surface area (Å²) in [6.45, 7) is 0.321. The van der Waals surface area contributed by atoms with Gasteiger partial charge in [-0.1, -0.05) is 40.6 Å². The number of benzene rings is 1. The Morgan fingerprint density at radius 1 is 1.18 bits per heavy atom. The molecule has 4 aromatic rings. The van der Waals surface area contributed by atoms with Gasteiger partial charge in [0, 0.05) is 12.4 Å². The lowest BCUT2D eigenvalue weighted by atomic mass is 10.2. The lowest BCUT2D eigenvalue weighted by molar-refractivity contribution is 0.0989. The van der Waals surface area contributed by atoms with Gasteiger partial charge in [0.1, 0.15) is 11.3 Å². The van der Waals surface area contributed by atoms with Crippen LogP contribution in [0.15, 0.2) is 48.8 Å². The van der Waals surface area contributed by atoms with E-state index in [2.05, 4.69) is 9.97 Å². The zero-order valence-corrected chi connectivity index (χ0v) is 17.7. The minimum atomic E-state index is -0.185. The number of thiophene rings is 1. The Kier molecular flexibility index (Phi) is 5.50. The first-order chi connectivity index (χ1) is 13.6. The summed E-state index contributed by atoms with van der Waals surface area (Å²) in [6, 6.07) is 10.7. The van der Waals surface area contributed by atoms with Gasteiger partial charge in [-0.2, -0.15) is 0 Å². The maximum absolute atomic E-state index is 13.2. The summed E-state index contributed by atoms with van der Waals surface area (Å²) >= 11 is 15.0. The normalized spacial score (nSPS) is 11.0. The molecule has 0 aliphatic carbocycles. The highest BCUT2D eigenvalue weighted by Gasteiger charge is 2.24. The minimum Gasteiger partial charge on any atom is -0.494 e. The highest BCUT2D eigenvalue weighted by atomic mass is 35.5. The van der Waals surface area contributed by atoms with E-state index < -0.39 is 0 Å². The number of thiazole rings is 1. The molecule has 0 bridgehead atoms. The van der Waals surface area contributed by atoms with Gasteiger partial charge in [0.15, 0.2) is 5.13 Å². The molecule has 9 heteroatoms. The van der Waals surface area contributed by atoms with Crippen molar-refractivity contribution in [3.05, 3.63) is 68.6 Å². The molecule has 0 unspecified atom stereocenters. The molecular weight excluding hydrogens is 437 g/mol. The molecule has 28 heavy (non-hydrogen) atoms. The third kappa shape index (κ3) is 3.71. The molecule has 0 aliphatic rings. The predicted molar refractivity (Wildman–Crippen MR) is 115 cm³/mol. The Morgan fingerprint density at radius 2 is 2.04 bits per heavy atom. The van der Waals surface area contributed by atoms with E-state index in [1.165, 1.54) is 22.7 Å². The van der Waals surface area contributed by atoms with Crippen LogP contribution in [0, 0.1) is 0 Å². The zero-order valence-electron chi connectivity index (χ0n) is 14.6. The van der Waals surface area contributed by atoms with E-state index in [0.717, 1.165) is 10.3 Å². The second kappa shape index (κ2) is 8.05. The predicted octanol–water partition coefficient (Wildman–Crippen LogP) is 5.92. The van der Waals surface area contributed by atoms with Crippen LogP contribution in [0.25, 0.3) is 10.2 Å². The van der Waals surface area contributed by atoms with Crippen molar-refractivity contribution in [2.45, 2.75) is 6.54 Å². The van der Waals surface area contributed by atoms with E-state index in [1.54, 1.807) is 48.7 Å². The van der Waals surface area contributed by atoms with Crippen molar-refractivity contribution in [2.75, 3.05) is 12.0 Å². The number of aromatic nitrogens is 2. The van der Waals surface area contributed by atoms with Crippen LogP contribution in [0.3, 0.4) is 0 Å². The number of methoxy groups -OCH3 is 1. The van der Waals surface area contributed by atoms with E-state index in [4.69, 9.17) is 27.9 Å². The molecule has 3 aromatic heterocycles. The third-order valence-electron chi connectivity index (χ3n) is 3.99. The third-order valence-corrected chi connectivity index (χ3v) is 6.75. The summed E-state index contributed by atoms with van der Waals surface area (Å²) in [4.78, 5) is 24.2. The van der Waals surface area contributed by atoms with Crippen molar-refractivity contribution >= 4 is 67.1 Å². The largest absolute Gasteiger partial charge is 0.494 e. The molecule has 0 saturated carbocycles. The topological polar surface area (TPSA) is 55.3 Å². The number of pyridine rings is 1. The zero-order chi connectivity index (χ0) is 19.7. The summed E-state index contributed by atoms with van der Waals surface area (Å²) in [5.41, 5.74) is 1.51. The number of anilines is 1. The molecule has 1 amide bonds. The molecule has 0 spiro atoms. The first-order valence-corrected chi connectivity index (χ1v) is 10.5. The number of carbonyl (C=O) groups excluding carboxylic acids is 1. The number of carbonyl (C=O) groups is 1. The molecule has 142 valence electrons.